The molecule has 1 aromatic heterocycles. The van der Waals surface area contributed by atoms with E-state index in [4.69, 9.17) is 4.42 Å². The summed E-state index contributed by atoms with van der Waals surface area (Å²) in [6, 6.07) is 8.80. The maximum absolute atomic E-state index is 5.91. The first kappa shape index (κ1) is 13.2. The number of benzene rings is 1. The Morgan fingerprint density at radius 2 is 1.72 bits per heavy atom. The summed E-state index contributed by atoms with van der Waals surface area (Å²) in [5.74, 6) is 2.97. The summed E-state index contributed by atoms with van der Waals surface area (Å²) in [6.07, 6.45) is 1.13. The van der Waals surface area contributed by atoms with Crippen molar-refractivity contribution >= 4 is 11.0 Å². The summed E-state index contributed by atoms with van der Waals surface area (Å²) < 4.78 is 5.91. The molecule has 0 radical (unpaired) electrons. The van der Waals surface area contributed by atoms with E-state index in [-0.39, 0.29) is 0 Å². The first-order valence-corrected chi connectivity index (χ1v) is 6.99. The van der Waals surface area contributed by atoms with Crippen LogP contribution < -0.4 is 0 Å². The van der Waals surface area contributed by atoms with Gasteiger partial charge in [0.1, 0.15) is 11.3 Å². The normalized spacial score (nSPS) is 13.7. The fourth-order valence-electron chi connectivity index (χ4n) is 2.12. The zero-order chi connectivity index (χ0) is 13.3. The SMILES string of the molecule is CC(C)c1cc2ccc(CC(C)C(C)C)cc2o1. The minimum atomic E-state index is 0.454. The molecule has 0 saturated carbocycles. The zero-order valence-electron chi connectivity index (χ0n) is 12.2. The Bertz CT molecular complexity index is 519. The van der Waals surface area contributed by atoms with Crippen LogP contribution in [0.2, 0.25) is 0 Å². The fourth-order valence-corrected chi connectivity index (χ4v) is 2.12. The maximum Gasteiger partial charge on any atom is 0.134 e. The Balaban J connectivity index is 2.26. The van der Waals surface area contributed by atoms with Crippen molar-refractivity contribution in [2.45, 2.75) is 47.0 Å². The van der Waals surface area contributed by atoms with Crippen LogP contribution in [0, 0.1) is 11.8 Å². The van der Waals surface area contributed by atoms with Crippen molar-refractivity contribution in [2.24, 2.45) is 11.8 Å². The van der Waals surface area contributed by atoms with Gasteiger partial charge in [0.2, 0.25) is 0 Å². The third kappa shape index (κ3) is 2.77. The lowest BCUT2D eigenvalue weighted by Gasteiger charge is -2.15. The van der Waals surface area contributed by atoms with Crippen molar-refractivity contribution in [3.8, 4) is 0 Å². The predicted octanol–water partition coefficient (Wildman–Crippen LogP) is 5.39. The van der Waals surface area contributed by atoms with E-state index in [1.54, 1.807) is 0 Å². The van der Waals surface area contributed by atoms with E-state index in [9.17, 15) is 0 Å². The average Bonchev–Trinajstić information content (AvgIpc) is 2.71. The number of hydrogen-bond acceptors (Lipinski definition) is 1. The monoisotopic (exact) mass is 244 g/mol. The molecule has 1 unspecified atom stereocenters. The van der Waals surface area contributed by atoms with E-state index in [0.29, 0.717) is 11.8 Å². The largest absolute Gasteiger partial charge is 0.461 e. The van der Waals surface area contributed by atoms with Gasteiger partial charge in [0.25, 0.3) is 0 Å². The third-order valence-electron chi connectivity index (χ3n) is 3.87. The number of fused-ring (bicyclic) bond motifs is 1. The molecule has 1 aromatic carbocycles. The lowest BCUT2D eigenvalue weighted by molar-refractivity contribution is 0.417. The zero-order valence-corrected chi connectivity index (χ0v) is 12.2. The van der Waals surface area contributed by atoms with Crippen LogP contribution in [0.3, 0.4) is 0 Å². The van der Waals surface area contributed by atoms with Crippen molar-refractivity contribution in [3.63, 3.8) is 0 Å². The molecule has 0 aliphatic carbocycles. The van der Waals surface area contributed by atoms with Crippen LogP contribution in [-0.2, 0) is 6.42 Å². The second kappa shape index (κ2) is 5.17. The summed E-state index contributed by atoms with van der Waals surface area (Å²) in [5.41, 5.74) is 2.42. The summed E-state index contributed by atoms with van der Waals surface area (Å²) >= 11 is 0. The molecule has 1 atom stereocenters. The summed E-state index contributed by atoms with van der Waals surface area (Å²) in [6.45, 7) is 11.2. The topological polar surface area (TPSA) is 13.1 Å². The van der Waals surface area contributed by atoms with Crippen LogP contribution in [-0.4, -0.2) is 0 Å². The molecule has 0 saturated heterocycles. The molecule has 0 N–H and O–H groups in total. The molecular formula is C17H24O. The Kier molecular flexibility index (Phi) is 3.79. The number of rotatable bonds is 4. The van der Waals surface area contributed by atoms with Gasteiger partial charge in [-0.15, -0.1) is 0 Å². The first-order chi connectivity index (χ1) is 8.47. The van der Waals surface area contributed by atoms with Gasteiger partial charge in [-0.2, -0.15) is 0 Å². The van der Waals surface area contributed by atoms with Gasteiger partial charge < -0.3 is 4.42 Å². The molecule has 0 bridgehead atoms. The molecule has 0 amide bonds. The van der Waals surface area contributed by atoms with Gasteiger partial charge in [-0.25, -0.2) is 0 Å². The maximum atomic E-state index is 5.91. The number of hydrogen-bond donors (Lipinski definition) is 0. The second-order valence-corrected chi connectivity index (χ2v) is 6.10. The van der Waals surface area contributed by atoms with Crippen molar-refractivity contribution < 1.29 is 4.42 Å². The molecular weight excluding hydrogens is 220 g/mol. The van der Waals surface area contributed by atoms with E-state index >= 15 is 0 Å². The first-order valence-electron chi connectivity index (χ1n) is 6.99. The molecule has 2 aromatic rings. The Morgan fingerprint density at radius 3 is 2.33 bits per heavy atom. The van der Waals surface area contributed by atoms with E-state index in [1.807, 2.05) is 0 Å². The molecule has 2 rings (SSSR count). The lowest BCUT2D eigenvalue weighted by atomic mass is 9.91. The van der Waals surface area contributed by atoms with Crippen LogP contribution >= 0.6 is 0 Å². The molecule has 98 valence electrons. The van der Waals surface area contributed by atoms with Crippen LogP contribution in [0.5, 0.6) is 0 Å². The quantitative estimate of drug-likeness (QED) is 0.702. The highest BCUT2D eigenvalue weighted by molar-refractivity contribution is 5.78. The predicted molar refractivity (Wildman–Crippen MR) is 78.0 cm³/mol. The van der Waals surface area contributed by atoms with Crippen molar-refractivity contribution in [1.82, 2.24) is 0 Å². The molecule has 0 aliphatic rings. The van der Waals surface area contributed by atoms with Crippen LogP contribution in [0.4, 0.5) is 0 Å². The Labute approximate surface area is 110 Å². The van der Waals surface area contributed by atoms with Gasteiger partial charge in [0, 0.05) is 11.3 Å². The van der Waals surface area contributed by atoms with Crippen LogP contribution in [0.25, 0.3) is 11.0 Å². The van der Waals surface area contributed by atoms with Crippen molar-refractivity contribution in [3.05, 3.63) is 35.6 Å². The van der Waals surface area contributed by atoms with E-state index in [2.05, 4.69) is 58.9 Å². The standard InChI is InChI=1S/C17H24O/c1-11(2)13(5)8-14-6-7-15-10-16(12(3)4)18-17(15)9-14/h6-7,9-13H,8H2,1-5H3. The van der Waals surface area contributed by atoms with Gasteiger partial charge in [-0.05, 0) is 36.0 Å². The number of furan rings is 1. The molecule has 1 nitrogen and oxygen atoms in total. The Morgan fingerprint density at radius 1 is 1.00 bits per heavy atom. The highest BCUT2D eigenvalue weighted by Crippen LogP contribution is 2.27. The van der Waals surface area contributed by atoms with Crippen LogP contribution in [0.1, 0.15) is 51.9 Å². The fraction of sp³-hybridized carbons (Fsp3) is 0.529. The second-order valence-electron chi connectivity index (χ2n) is 6.10. The Hall–Kier alpha value is -1.24. The van der Waals surface area contributed by atoms with Crippen molar-refractivity contribution in [2.75, 3.05) is 0 Å². The molecule has 18 heavy (non-hydrogen) atoms. The summed E-state index contributed by atoms with van der Waals surface area (Å²) in [7, 11) is 0. The molecule has 1 heterocycles. The van der Waals surface area contributed by atoms with Gasteiger partial charge in [0.15, 0.2) is 0 Å². The van der Waals surface area contributed by atoms with E-state index in [0.717, 1.165) is 23.7 Å². The molecule has 0 spiro atoms. The van der Waals surface area contributed by atoms with Crippen molar-refractivity contribution in [1.29, 1.82) is 0 Å². The van der Waals surface area contributed by atoms with E-state index < -0.39 is 0 Å². The molecule has 0 aliphatic heterocycles. The van der Waals surface area contributed by atoms with Crippen LogP contribution in [0.15, 0.2) is 28.7 Å². The van der Waals surface area contributed by atoms with E-state index in [1.165, 1.54) is 10.9 Å². The highest BCUT2D eigenvalue weighted by Gasteiger charge is 2.11. The smallest absolute Gasteiger partial charge is 0.134 e. The minimum Gasteiger partial charge on any atom is -0.461 e. The lowest BCUT2D eigenvalue weighted by Crippen LogP contribution is -2.07. The third-order valence-corrected chi connectivity index (χ3v) is 3.87. The summed E-state index contributed by atoms with van der Waals surface area (Å²) in [4.78, 5) is 0. The average molecular weight is 244 g/mol. The summed E-state index contributed by atoms with van der Waals surface area (Å²) in [5, 5.41) is 1.22. The molecule has 0 fully saturated rings. The van der Waals surface area contributed by atoms with Gasteiger partial charge in [-0.3, -0.25) is 0 Å². The van der Waals surface area contributed by atoms with Gasteiger partial charge >= 0.3 is 0 Å². The minimum absolute atomic E-state index is 0.454. The molecule has 1 heteroatoms. The highest BCUT2D eigenvalue weighted by atomic mass is 16.3. The van der Waals surface area contributed by atoms with Gasteiger partial charge in [-0.1, -0.05) is 46.8 Å². The van der Waals surface area contributed by atoms with Gasteiger partial charge in [0.05, 0.1) is 0 Å².